The summed E-state index contributed by atoms with van der Waals surface area (Å²) in [6.07, 6.45) is 4.52. The van der Waals surface area contributed by atoms with Crippen LogP contribution in [-0.2, 0) is 7.05 Å². The monoisotopic (exact) mass is 272 g/mol. The second-order valence-corrected chi connectivity index (χ2v) is 4.89. The molecule has 0 atom stereocenters. The van der Waals surface area contributed by atoms with Gasteiger partial charge in [0.15, 0.2) is 0 Å². The van der Waals surface area contributed by atoms with Crippen LogP contribution in [0.4, 0.5) is 0 Å². The van der Waals surface area contributed by atoms with E-state index in [9.17, 15) is 9.90 Å². The molecule has 0 spiro atoms. The van der Waals surface area contributed by atoms with Crippen LogP contribution in [0.1, 0.15) is 36.2 Å². The minimum Gasteiger partial charge on any atom is -0.382 e. The summed E-state index contributed by atoms with van der Waals surface area (Å²) >= 11 is 3.27. The number of halogens is 1. The molecule has 2 rings (SSSR count). The minimum atomic E-state index is -1.17. The molecule has 0 radical (unpaired) electrons. The van der Waals surface area contributed by atoms with Gasteiger partial charge in [-0.15, -0.1) is 0 Å². The number of carbonyl (C=O) groups is 1. The first-order valence-electron chi connectivity index (χ1n) is 4.99. The lowest BCUT2D eigenvalue weighted by Gasteiger charge is -2.20. The number of Topliss-reactive ketones (excluding diaryl/α,β-unsaturated/α-hetero) is 1. The first-order valence-corrected chi connectivity index (χ1v) is 5.78. The minimum absolute atomic E-state index is 0.216. The van der Waals surface area contributed by atoms with Crippen molar-refractivity contribution in [2.45, 2.75) is 31.3 Å². The largest absolute Gasteiger partial charge is 0.382 e. The van der Waals surface area contributed by atoms with Gasteiger partial charge in [0.1, 0.15) is 11.3 Å². The molecule has 15 heavy (non-hydrogen) atoms. The van der Waals surface area contributed by atoms with Crippen molar-refractivity contribution in [3.63, 3.8) is 0 Å². The summed E-state index contributed by atoms with van der Waals surface area (Å²) in [6, 6.07) is 0. The lowest BCUT2D eigenvalue weighted by atomic mass is 9.94. The predicted octanol–water partition coefficient (Wildman–Crippen LogP) is 1.67. The molecular weight excluding hydrogens is 260 g/mol. The number of ketones is 1. The Morgan fingerprint density at radius 3 is 2.67 bits per heavy atom. The molecule has 0 saturated heterocycles. The molecule has 1 saturated carbocycles. The van der Waals surface area contributed by atoms with E-state index in [1.807, 2.05) is 0 Å². The molecule has 1 fully saturated rings. The van der Waals surface area contributed by atoms with Crippen LogP contribution >= 0.6 is 15.9 Å². The zero-order valence-corrected chi connectivity index (χ0v) is 10.1. The van der Waals surface area contributed by atoms with Crippen molar-refractivity contribution in [3.05, 3.63) is 16.4 Å². The Balaban J connectivity index is 2.35. The lowest BCUT2D eigenvalue weighted by Crippen LogP contribution is -2.36. The molecule has 4 nitrogen and oxygen atoms in total. The maximum absolute atomic E-state index is 12.1. The van der Waals surface area contributed by atoms with Crippen molar-refractivity contribution in [2.75, 3.05) is 0 Å². The third-order valence-electron chi connectivity index (χ3n) is 2.96. The topological polar surface area (TPSA) is 55.1 Å². The Morgan fingerprint density at radius 1 is 1.60 bits per heavy atom. The molecule has 0 amide bonds. The van der Waals surface area contributed by atoms with Crippen molar-refractivity contribution in [1.29, 1.82) is 0 Å². The van der Waals surface area contributed by atoms with E-state index in [0.29, 0.717) is 23.0 Å². The zero-order valence-electron chi connectivity index (χ0n) is 8.53. The normalized spacial score (nSPS) is 19.4. The van der Waals surface area contributed by atoms with Crippen LogP contribution in [0.5, 0.6) is 0 Å². The van der Waals surface area contributed by atoms with Crippen LogP contribution in [0.15, 0.2) is 10.7 Å². The Kier molecular flexibility index (Phi) is 2.68. The van der Waals surface area contributed by atoms with Gasteiger partial charge in [-0.05, 0) is 41.6 Å². The third kappa shape index (κ3) is 1.74. The van der Waals surface area contributed by atoms with Crippen molar-refractivity contribution < 1.29 is 9.90 Å². The van der Waals surface area contributed by atoms with Crippen LogP contribution in [0, 0.1) is 0 Å². The molecule has 1 aromatic rings. The van der Waals surface area contributed by atoms with E-state index in [1.165, 1.54) is 4.68 Å². The number of aryl methyl sites for hydroxylation is 1. The van der Waals surface area contributed by atoms with Crippen LogP contribution in [0.2, 0.25) is 0 Å². The lowest BCUT2D eigenvalue weighted by molar-refractivity contribution is 0.0342. The number of aromatic nitrogens is 2. The fourth-order valence-electron chi connectivity index (χ4n) is 2.07. The van der Waals surface area contributed by atoms with E-state index in [4.69, 9.17) is 0 Å². The number of nitrogens with zero attached hydrogens (tertiary/aromatic N) is 2. The highest BCUT2D eigenvalue weighted by molar-refractivity contribution is 9.10. The van der Waals surface area contributed by atoms with E-state index in [-0.39, 0.29) is 5.78 Å². The predicted molar refractivity (Wildman–Crippen MR) is 58.7 cm³/mol. The highest BCUT2D eigenvalue weighted by atomic mass is 79.9. The fraction of sp³-hybridized carbons (Fsp3) is 0.600. The Morgan fingerprint density at radius 2 is 2.20 bits per heavy atom. The van der Waals surface area contributed by atoms with Crippen LogP contribution < -0.4 is 0 Å². The van der Waals surface area contributed by atoms with E-state index in [1.54, 1.807) is 13.2 Å². The summed E-state index contributed by atoms with van der Waals surface area (Å²) in [6.45, 7) is 0. The Hall–Kier alpha value is -0.680. The number of carbonyl (C=O) groups excluding carboxylic acids is 1. The first kappa shape index (κ1) is 10.8. The van der Waals surface area contributed by atoms with E-state index in [2.05, 4.69) is 21.0 Å². The summed E-state index contributed by atoms with van der Waals surface area (Å²) in [5, 5.41) is 14.1. The second kappa shape index (κ2) is 3.72. The molecule has 0 unspecified atom stereocenters. The van der Waals surface area contributed by atoms with Gasteiger partial charge in [-0.1, -0.05) is 0 Å². The van der Waals surface area contributed by atoms with Gasteiger partial charge >= 0.3 is 0 Å². The van der Waals surface area contributed by atoms with Gasteiger partial charge in [0.05, 0.1) is 10.7 Å². The smallest absolute Gasteiger partial charge is 0.213 e. The van der Waals surface area contributed by atoms with Crippen molar-refractivity contribution in [3.8, 4) is 0 Å². The maximum Gasteiger partial charge on any atom is 0.213 e. The van der Waals surface area contributed by atoms with Crippen molar-refractivity contribution in [1.82, 2.24) is 9.78 Å². The molecule has 0 bridgehead atoms. The molecule has 0 aromatic carbocycles. The molecule has 1 aliphatic carbocycles. The van der Waals surface area contributed by atoms with Gasteiger partial charge in [0, 0.05) is 7.05 Å². The molecule has 1 aliphatic rings. The van der Waals surface area contributed by atoms with Crippen LogP contribution in [0.3, 0.4) is 0 Å². The van der Waals surface area contributed by atoms with Crippen LogP contribution in [0.25, 0.3) is 0 Å². The van der Waals surface area contributed by atoms with Gasteiger partial charge in [0.2, 0.25) is 5.78 Å². The molecule has 5 heteroatoms. The van der Waals surface area contributed by atoms with Gasteiger partial charge in [-0.2, -0.15) is 5.10 Å². The van der Waals surface area contributed by atoms with Crippen molar-refractivity contribution >= 4 is 21.7 Å². The quantitative estimate of drug-likeness (QED) is 0.834. The Labute approximate surface area is 96.4 Å². The van der Waals surface area contributed by atoms with E-state index < -0.39 is 5.60 Å². The number of hydrogen-bond acceptors (Lipinski definition) is 3. The molecule has 0 aliphatic heterocycles. The molecule has 1 heterocycles. The van der Waals surface area contributed by atoms with E-state index >= 15 is 0 Å². The third-order valence-corrected chi connectivity index (χ3v) is 3.54. The number of rotatable bonds is 2. The average molecular weight is 273 g/mol. The summed E-state index contributed by atoms with van der Waals surface area (Å²) in [7, 11) is 1.70. The van der Waals surface area contributed by atoms with Crippen LogP contribution in [-0.4, -0.2) is 26.3 Å². The molecular formula is C10H13BrN2O2. The second-order valence-electron chi connectivity index (χ2n) is 4.03. The highest BCUT2D eigenvalue weighted by Crippen LogP contribution is 2.33. The number of aliphatic hydroxyl groups is 1. The van der Waals surface area contributed by atoms with Gasteiger partial charge in [-0.25, -0.2) is 0 Å². The summed E-state index contributed by atoms with van der Waals surface area (Å²) in [5.74, 6) is -0.216. The highest BCUT2D eigenvalue weighted by Gasteiger charge is 2.41. The standard InChI is InChI=1S/C10H13BrN2O2/c1-13-8(7(11)6-12-13)9(14)10(15)4-2-3-5-10/h6,15H,2-5H2,1H3. The van der Waals surface area contributed by atoms with Crippen molar-refractivity contribution in [2.24, 2.45) is 7.05 Å². The molecule has 1 aromatic heterocycles. The molecule has 82 valence electrons. The van der Waals surface area contributed by atoms with Gasteiger partial charge in [-0.3, -0.25) is 9.48 Å². The van der Waals surface area contributed by atoms with Gasteiger partial charge < -0.3 is 5.11 Å². The van der Waals surface area contributed by atoms with Gasteiger partial charge in [0.25, 0.3) is 0 Å². The summed E-state index contributed by atoms with van der Waals surface area (Å²) < 4.78 is 2.15. The zero-order chi connectivity index (χ0) is 11.1. The SMILES string of the molecule is Cn1ncc(Br)c1C(=O)C1(O)CCCC1. The van der Waals surface area contributed by atoms with E-state index in [0.717, 1.165) is 12.8 Å². The first-order chi connectivity index (χ1) is 7.04. The summed E-state index contributed by atoms with van der Waals surface area (Å²) in [4.78, 5) is 12.1. The average Bonchev–Trinajstić information content (AvgIpc) is 2.75. The maximum atomic E-state index is 12.1. The summed E-state index contributed by atoms with van der Waals surface area (Å²) in [5.41, 5.74) is -0.713. The Bertz CT molecular complexity index is 375. The number of hydrogen-bond donors (Lipinski definition) is 1. The molecule has 1 N–H and O–H groups in total. The fourth-order valence-corrected chi connectivity index (χ4v) is 2.60.